The van der Waals surface area contributed by atoms with Gasteiger partial charge in [0.1, 0.15) is 0 Å². The average Bonchev–Trinajstić information content (AvgIpc) is 3.55. The Kier molecular flexibility index (Phi) is 22.8. The molecule has 1 aliphatic rings. The van der Waals surface area contributed by atoms with E-state index in [-0.39, 0.29) is 0 Å². The molecule has 0 aliphatic carbocycles. The van der Waals surface area contributed by atoms with E-state index in [4.69, 9.17) is 9.47 Å². The number of nitrogens with one attached hydrogen (secondary N) is 1. The third-order valence-electron chi connectivity index (χ3n) is 9.64. The lowest BCUT2D eigenvalue weighted by molar-refractivity contribution is 0.174. The third kappa shape index (κ3) is 22.3. The van der Waals surface area contributed by atoms with Crippen LogP contribution in [0.15, 0.2) is 111 Å². The van der Waals surface area contributed by atoms with Gasteiger partial charge in [-0.15, -0.1) is 0 Å². The van der Waals surface area contributed by atoms with Gasteiger partial charge in [-0.2, -0.15) is 0 Å². The molecule has 282 valence electrons. The van der Waals surface area contributed by atoms with Crippen molar-refractivity contribution in [2.24, 2.45) is 0 Å². The van der Waals surface area contributed by atoms with Crippen LogP contribution < -0.4 is 14.8 Å². The number of allylic oxidation sites excluding steroid dienone is 15. The number of hydrogen-bond donors (Lipinski definition) is 1. The Morgan fingerprint density at radius 1 is 0.471 bits per heavy atom. The summed E-state index contributed by atoms with van der Waals surface area (Å²) in [5, 5.41) is 3.51. The normalized spacial score (nSPS) is 14.8. The summed E-state index contributed by atoms with van der Waals surface area (Å²) in [4.78, 5) is 0. The van der Waals surface area contributed by atoms with Crippen molar-refractivity contribution in [1.82, 2.24) is 5.32 Å². The van der Waals surface area contributed by atoms with Gasteiger partial charge in [0.2, 0.25) is 6.79 Å². The molecule has 0 radical (unpaired) electrons. The maximum absolute atomic E-state index is 5.47. The Bertz CT molecular complexity index is 1420. The van der Waals surface area contributed by atoms with E-state index in [1.807, 2.05) is 6.07 Å². The SMILES string of the molecule is CC(C)=CCCC(C)=CCCC(C)=CCCC(C)=CCCC(C)=CCCC(C)=CCCC(C)=CCC/C(C)=C/CNCc1ccc2c(c1)OCO2. The number of rotatable bonds is 25. The quantitative estimate of drug-likeness (QED) is 0.0816. The van der Waals surface area contributed by atoms with Crippen molar-refractivity contribution in [1.29, 1.82) is 0 Å². The zero-order valence-corrected chi connectivity index (χ0v) is 34.2. The van der Waals surface area contributed by atoms with Crippen LogP contribution in [0.25, 0.3) is 0 Å². The molecule has 2 rings (SSSR count). The fraction of sp³-hybridized carbons (Fsp3) is 0.542. The first kappa shape index (κ1) is 43.9. The molecule has 0 aromatic heterocycles. The highest BCUT2D eigenvalue weighted by Gasteiger charge is 2.12. The Hall–Kier alpha value is -3.30. The lowest BCUT2D eigenvalue weighted by Crippen LogP contribution is -2.13. The van der Waals surface area contributed by atoms with Gasteiger partial charge >= 0.3 is 0 Å². The number of benzene rings is 1. The van der Waals surface area contributed by atoms with Crippen molar-refractivity contribution in [2.45, 2.75) is 159 Å². The van der Waals surface area contributed by atoms with Gasteiger partial charge in [-0.3, -0.25) is 0 Å². The zero-order chi connectivity index (χ0) is 37.3. The molecule has 0 saturated carbocycles. The summed E-state index contributed by atoms with van der Waals surface area (Å²) in [6.45, 7) is 22.4. The summed E-state index contributed by atoms with van der Waals surface area (Å²) in [7, 11) is 0. The van der Waals surface area contributed by atoms with Crippen LogP contribution in [0, 0.1) is 0 Å². The fourth-order valence-electron chi connectivity index (χ4n) is 6.09. The maximum Gasteiger partial charge on any atom is 0.231 e. The van der Waals surface area contributed by atoms with Crippen LogP contribution in [0.2, 0.25) is 0 Å². The van der Waals surface area contributed by atoms with E-state index in [2.05, 4.69) is 128 Å². The average molecular weight is 696 g/mol. The van der Waals surface area contributed by atoms with Gasteiger partial charge in [-0.05, 0) is 170 Å². The van der Waals surface area contributed by atoms with E-state index < -0.39 is 0 Å². The molecule has 0 fully saturated rings. The monoisotopic (exact) mass is 696 g/mol. The topological polar surface area (TPSA) is 30.5 Å². The second kappa shape index (κ2) is 26.5. The van der Waals surface area contributed by atoms with E-state index in [0.717, 1.165) is 69.5 Å². The van der Waals surface area contributed by atoms with Gasteiger partial charge < -0.3 is 14.8 Å². The van der Waals surface area contributed by atoms with Crippen LogP contribution in [0.3, 0.4) is 0 Å². The van der Waals surface area contributed by atoms with Gasteiger partial charge in [0.05, 0.1) is 0 Å². The van der Waals surface area contributed by atoms with E-state index in [1.165, 1.54) is 95.1 Å². The minimum atomic E-state index is 0.324. The Balaban J connectivity index is 1.53. The molecular weight excluding hydrogens is 623 g/mol. The summed E-state index contributed by atoms with van der Waals surface area (Å²) in [6.07, 6.45) is 35.5. The molecule has 0 atom stereocenters. The molecule has 0 saturated heterocycles. The van der Waals surface area contributed by atoms with Gasteiger partial charge in [0.15, 0.2) is 11.5 Å². The number of fused-ring (bicyclic) bond motifs is 1. The molecule has 1 aromatic carbocycles. The highest BCUT2D eigenvalue weighted by Crippen LogP contribution is 2.32. The van der Waals surface area contributed by atoms with Crippen molar-refractivity contribution in [3.63, 3.8) is 0 Å². The van der Waals surface area contributed by atoms with Crippen LogP contribution >= 0.6 is 0 Å². The molecular formula is C48H73NO2. The van der Waals surface area contributed by atoms with Crippen LogP contribution in [0.4, 0.5) is 0 Å². The fourth-order valence-corrected chi connectivity index (χ4v) is 6.09. The lowest BCUT2D eigenvalue weighted by atomic mass is 10.0. The number of ether oxygens (including phenoxy) is 2. The van der Waals surface area contributed by atoms with Crippen LogP contribution in [0.1, 0.15) is 158 Å². The smallest absolute Gasteiger partial charge is 0.231 e. The van der Waals surface area contributed by atoms with Crippen LogP contribution in [-0.2, 0) is 6.54 Å². The molecule has 0 amide bonds. The predicted molar refractivity (Wildman–Crippen MR) is 225 cm³/mol. The van der Waals surface area contributed by atoms with E-state index in [0.29, 0.717) is 6.79 Å². The second-order valence-corrected chi connectivity index (χ2v) is 15.2. The Morgan fingerprint density at radius 3 is 1.22 bits per heavy atom. The van der Waals surface area contributed by atoms with E-state index in [9.17, 15) is 0 Å². The van der Waals surface area contributed by atoms with Crippen LogP contribution in [0.5, 0.6) is 11.5 Å². The van der Waals surface area contributed by atoms with Gasteiger partial charge in [0, 0.05) is 13.1 Å². The molecule has 0 bridgehead atoms. The third-order valence-corrected chi connectivity index (χ3v) is 9.64. The largest absolute Gasteiger partial charge is 0.454 e. The summed E-state index contributed by atoms with van der Waals surface area (Å²) >= 11 is 0. The summed E-state index contributed by atoms with van der Waals surface area (Å²) < 4.78 is 10.9. The van der Waals surface area contributed by atoms with E-state index >= 15 is 0 Å². The molecule has 1 heterocycles. The molecule has 51 heavy (non-hydrogen) atoms. The second-order valence-electron chi connectivity index (χ2n) is 15.2. The molecule has 1 aliphatic heterocycles. The lowest BCUT2D eigenvalue weighted by Gasteiger charge is -2.05. The molecule has 1 aromatic rings. The minimum absolute atomic E-state index is 0.324. The maximum atomic E-state index is 5.47. The highest BCUT2D eigenvalue weighted by molar-refractivity contribution is 5.44. The first-order valence-electron chi connectivity index (χ1n) is 19.8. The standard InChI is InChI=1S/C48H73NO2/c1-38(2)17-10-18-39(3)19-11-20-40(4)21-12-22-41(5)23-13-24-42(6)25-14-26-43(7)27-15-28-44(8)29-16-30-45(9)33-34-49-36-46-31-32-47-48(35-46)51-37-50-47/h17,19,21,23,25,27,29,31-33,35,49H,10-16,18,20,22,24,26,28,30,34,36-37H2,1-9H3/b39-19?,40-21?,41-23?,42-25?,43-27?,44-29?,45-33+. The van der Waals surface area contributed by atoms with Gasteiger partial charge in [-0.25, -0.2) is 0 Å². The van der Waals surface area contributed by atoms with Crippen molar-refractivity contribution in [3.8, 4) is 11.5 Å². The van der Waals surface area contributed by atoms with Crippen molar-refractivity contribution < 1.29 is 9.47 Å². The zero-order valence-electron chi connectivity index (χ0n) is 34.2. The Labute approximate surface area is 314 Å². The molecule has 0 unspecified atom stereocenters. The molecule has 1 N–H and O–H groups in total. The summed E-state index contributed by atoms with van der Waals surface area (Å²) in [6, 6.07) is 6.15. The van der Waals surface area contributed by atoms with Crippen molar-refractivity contribution >= 4 is 0 Å². The first-order valence-corrected chi connectivity index (χ1v) is 19.8. The molecule has 3 heteroatoms. The summed E-state index contributed by atoms with van der Waals surface area (Å²) in [5.74, 6) is 1.69. The van der Waals surface area contributed by atoms with Crippen molar-refractivity contribution in [3.05, 3.63) is 117 Å². The predicted octanol–water partition coefficient (Wildman–Crippen LogP) is 14.6. The van der Waals surface area contributed by atoms with Crippen molar-refractivity contribution in [2.75, 3.05) is 13.3 Å². The van der Waals surface area contributed by atoms with Gasteiger partial charge in [-0.1, -0.05) is 99.3 Å². The Morgan fingerprint density at radius 2 is 0.824 bits per heavy atom. The highest BCUT2D eigenvalue weighted by atomic mass is 16.7. The van der Waals surface area contributed by atoms with Gasteiger partial charge in [0.25, 0.3) is 0 Å². The van der Waals surface area contributed by atoms with Crippen LogP contribution in [-0.4, -0.2) is 13.3 Å². The number of hydrogen-bond acceptors (Lipinski definition) is 3. The minimum Gasteiger partial charge on any atom is -0.454 e. The molecule has 3 nitrogen and oxygen atoms in total. The van der Waals surface area contributed by atoms with E-state index in [1.54, 1.807) is 0 Å². The first-order chi connectivity index (χ1) is 24.5. The molecule has 0 spiro atoms. The summed E-state index contributed by atoms with van der Waals surface area (Å²) in [5.41, 5.74) is 13.2.